The van der Waals surface area contributed by atoms with E-state index < -0.39 is 0 Å². The Labute approximate surface area is 118 Å². The van der Waals surface area contributed by atoms with Gasteiger partial charge >= 0.3 is 0 Å². The molecule has 0 atom stereocenters. The maximum atomic E-state index is 11.4. The van der Waals surface area contributed by atoms with Crippen molar-refractivity contribution in [3.63, 3.8) is 0 Å². The van der Waals surface area contributed by atoms with Crippen LogP contribution in [0.4, 0.5) is 0 Å². The summed E-state index contributed by atoms with van der Waals surface area (Å²) in [6.07, 6.45) is 0. The van der Waals surface area contributed by atoms with E-state index in [-0.39, 0.29) is 22.9 Å². The molecule has 1 heterocycles. The van der Waals surface area contributed by atoms with Crippen LogP contribution in [0.25, 0.3) is 11.1 Å². The molecule has 2 aromatic rings. The van der Waals surface area contributed by atoms with Crippen molar-refractivity contribution in [2.24, 2.45) is 0 Å². The van der Waals surface area contributed by atoms with E-state index in [0.717, 1.165) is 11.1 Å². The number of benzene rings is 1. The fraction of sp³-hybridized carbons (Fsp3) is 0.385. The molecule has 0 spiro atoms. The molecule has 0 saturated heterocycles. The van der Waals surface area contributed by atoms with Crippen LogP contribution < -0.4 is 0 Å². The Bertz CT molecular complexity index is 599. The molecule has 0 amide bonds. The number of nitrogens with zero attached hydrogens (tertiary/aromatic N) is 1. The van der Waals surface area contributed by atoms with Gasteiger partial charge in [-0.15, -0.1) is 25.0 Å². The topological polar surface area (TPSA) is 43.1 Å². The van der Waals surface area contributed by atoms with Crippen molar-refractivity contribution in [1.82, 2.24) is 4.98 Å². The highest BCUT2D eigenvalue weighted by Crippen LogP contribution is 2.30. The highest BCUT2D eigenvalue weighted by Gasteiger charge is 2.23. The van der Waals surface area contributed by atoms with Gasteiger partial charge in [-0.3, -0.25) is 4.79 Å². The maximum absolute atomic E-state index is 11.4. The average molecular weight is 286 g/mol. The minimum Gasteiger partial charge on any atom is -0.439 e. The van der Waals surface area contributed by atoms with Crippen LogP contribution >= 0.6 is 25.0 Å². The van der Waals surface area contributed by atoms with Crippen molar-refractivity contribution >= 4 is 41.3 Å². The average Bonchev–Trinajstić information content (AvgIpc) is 2.62. The van der Waals surface area contributed by atoms with Crippen LogP contribution in [-0.4, -0.2) is 10.1 Å². The number of oxazole rings is 1. The van der Waals surface area contributed by atoms with Gasteiger partial charge in [0.1, 0.15) is 5.52 Å². The predicted molar refractivity (Wildman–Crippen MR) is 78.0 cm³/mol. The summed E-state index contributed by atoms with van der Waals surface area (Å²) in [5, 5.41) is -0.299. The van der Waals surface area contributed by atoms with Crippen molar-refractivity contribution in [3.8, 4) is 0 Å². The summed E-state index contributed by atoms with van der Waals surface area (Å²) in [7, 11) is 0. The maximum Gasteiger partial charge on any atom is 0.220 e. The van der Waals surface area contributed by atoms with Crippen LogP contribution in [0.3, 0.4) is 0 Å². The number of aromatic nitrogens is 1. The van der Waals surface area contributed by atoms with E-state index >= 15 is 0 Å². The molecule has 0 radical (unpaired) electrons. The van der Waals surface area contributed by atoms with Gasteiger partial charge in [-0.2, -0.15) is 0 Å². The third kappa shape index (κ3) is 2.54. The van der Waals surface area contributed by atoms with E-state index in [2.05, 4.69) is 17.6 Å². The molecule has 0 N–H and O–H groups in total. The van der Waals surface area contributed by atoms with Crippen molar-refractivity contribution < 1.29 is 9.21 Å². The molecule has 0 aliphatic heterocycles. The summed E-state index contributed by atoms with van der Waals surface area (Å²) >= 11 is 3.85. The van der Waals surface area contributed by atoms with Gasteiger partial charge in [0.25, 0.3) is 0 Å². The van der Waals surface area contributed by atoms with Crippen molar-refractivity contribution in [3.05, 3.63) is 29.2 Å². The van der Waals surface area contributed by atoms with Gasteiger partial charge in [0, 0.05) is 5.41 Å². The molecule has 1 aromatic heterocycles. The minimum absolute atomic E-state index is 0. The number of thiol groups is 1. The highest BCUT2D eigenvalue weighted by atomic mass is 35.5. The molecule has 1 aromatic carbocycles. The summed E-state index contributed by atoms with van der Waals surface area (Å²) in [5.74, 6) is 0.637. The number of hydrogen-bond donors (Lipinski definition) is 1. The number of carbonyl (C=O) groups excluding carboxylic acids is 1. The first-order valence-electron chi connectivity index (χ1n) is 5.44. The van der Waals surface area contributed by atoms with E-state index in [1.807, 2.05) is 33.8 Å². The fourth-order valence-electron chi connectivity index (χ4n) is 1.62. The molecule has 0 unspecified atom stereocenters. The van der Waals surface area contributed by atoms with E-state index in [4.69, 9.17) is 4.42 Å². The second-order valence-corrected chi connectivity index (χ2v) is 5.59. The highest BCUT2D eigenvalue weighted by molar-refractivity contribution is 7.97. The van der Waals surface area contributed by atoms with Crippen LogP contribution in [0.2, 0.25) is 0 Å². The zero-order chi connectivity index (χ0) is 12.8. The number of fused-ring (bicyclic) bond motifs is 1. The van der Waals surface area contributed by atoms with Gasteiger partial charge in [-0.25, -0.2) is 4.98 Å². The Kier molecular flexibility index (Phi) is 4.13. The normalized spacial score (nSPS) is 11.4. The molecule has 0 saturated carbocycles. The van der Waals surface area contributed by atoms with Gasteiger partial charge in [0.2, 0.25) is 11.0 Å². The molecule has 0 fully saturated rings. The quantitative estimate of drug-likeness (QED) is 0.808. The van der Waals surface area contributed by atoms with Crippen LogP contribution in [0.15, 0.2) is 16.5 Å². The van der Waals surface area contributed by atoms with E-state index in [1.165, 1.54) is 0 Å². The van der Waals surface area contributed by atoms with E-state index in [9.17, 15) is 4.79 Å². The number of hydrogen-bond acceptors (Lipinski definition) is 3. The summed E-state index contributed by atoms with van der Waals surface area (Å²) in [5.41, 5.74) is 2.57. The molecule has 3 nitrogen and oxygen atoms in total. The van der Waals surface area contributed by atoms with E-state index in [1.54, 1.807) is 6.07 Å². The zero-order valence-corrected chi connectivity index (χ0v) is 12.5. The van der Waals surface area contributed by atoms with Gasteiger partial charge in [0.05, 0.1) is 5.56 Å². The third-order valence-electron chi connectivity index (χ3n) is 2.62. The lowest BCUT2D eigenvalue weighted by atomic mass is 9.97. The first-order chi connectivity index (χ1) is 7.80. The Hall–Kier alpha value is -1.00. The Morgan fingerprint density at radius 3 is 2.44 bits per heavy atom. The van der Waals surface area contributed by atoms with Crippen LogP contribution in [-0.2, 0) is 5.41 Å². The van der Waals surface area contributed by atoms with Crippen molar-refractivity contribution in [2.45, 2.75) is 33.1 Å². The van der Waals surface area contributed by atoms with Gasteiger partial charge in [-0.1, -0.05) is 26.8 Å². The van der Waals surface area contributed by atoms with Crippen LogP contribution in [0.5, 0.6) is 0 Å². The summed E-state index contributed by atoms with van der Waals surface area (Å²) in [4.78, 5) is 15.9. The van der Waals surface area contributed by atoms with Crippen molar-refractivity contribution in [1.29, 1.82) is 0 Å². The van der Waals surface area contributed by atoms with Gasteiger partial charge in [0.15, 0.2) is 5.58 Å². The third-order valence-corrected chi connectivity index (χ3v) is 2.86. The Balaban J connectivity index is 0.00000162. The molecule has 5 heteroatoms. The molecule has 2 rings (SSSR count). The lowest BCUT2D eigenvalue weighted by molar-refractivity contribution is 0.109. The second-order valence-electron chi connectivity index (χ2n) is 5.18. The first-order valence-corrected chi connectivity index (χ1v) is 5.89. The summed E-state index contributed by atoms with van der Waals surface area (Å²) in [6.45, 7) is 8.02. The number of aryl methyl sites for hydroxylation is 1. The monoisotopic (exact) mass is 285 g/mol. The molecule has 18 heavy (non-hydrogen) atoms. The smallest absolute Gasteiger partial charge is 0.220 e. The number of halogens is 1. The minimum atomic E-state index is -0.299. The molecular weight excluding hydrogens is 270 g/mol. The van der Waals surface area contributed by atoms with Crippen LogP contribution in [0, 0.1) is 6.92 Å². The largest absolute Gasteiger partial charge is 0.439 e. The van der Waals surface area contributed by atoms with Crippen molar-refractivity contribution in [2.75, 3.05) is 0 Å². The Morgan fingerprint density at radius 1 is 1.33 bits per heavy atom. The molecule has 0 bridgehead atoms. The predicted octanol–water partition coefficient (Wildman–Crippen LogP) is 3.93. The number of carbonyl (C=O) groups is 1. The second kappa shape index (κ2) is 4.94. The molecule has 98 valence electrons. The van der Waals surface area contributed by atoms with Crippen LogP contribution in [0.1, 0.15) is 42.6 Å². The lowest BCUT2D eigenvalue weighted by Gasteiger charge is -2.11. The molecule has 0 aliphatic rings. The Morgan fingerprint density at radius 2 is 1.94 bits per heavy atom. The van der Waals surface area contributed by atoms with E-state index in [0.29, 0.717) is 17.0 Å². The first kappa shape index (κ1) is 15.1. The summed E-state index contributed by atoms with van der Waals surface area (Å²) < 4.78 is 5.72. The standard InChI is InChI=1S/C13H15NO2S.ClH/c1-7-5-6-8(11(15)17)10-9(7)14-12(16-10)13(2,3)4;/h5-6H,1-4H3,(H,15,17);1H. The summed E-state index contributed by atoms with van der Waals surface area (Å²) in [6, 6.07) is 3.59. The SMILES string of the molecule is Cc1ccc(C(=O)S)c2oc(C(C)(C)C)nc12.Cl. The van der Waals surface area contributed by atoms with Gasteiger partial charge < -0.3 is 4.42 Å². The zero-order valence-electron chi connectivity index (χ0n) is 10.8. The van der Waals surface area contributed by atoms with Gasteiger partial charge in [-0.05, 0) is 18.6 Å². The molecule has 0 aliphatic carbocycles. The molecular formula is C13H16ClNO2S. The fourth-order valence-corrected chi connectivity index (χ4v) is 1.80. The lowest BCUT2D eigenvalue weighted by Crippen LogP contribution is -2.11. The number of rotatable bonds is 1.